The van der Waals surface area contributed by atoms with Gasteiger partial charge in [-0.2, -0.15) is 9.61 Å². The molecular formula is C48H56N7O8P. The molecule has 1 N–H and O–H groups in total. The number of carbonyl (C=O) groups excluding carboxylic acids is 1. The molecule has 0 radical (unpaired) electrons. The molecule has 3 heterocycles. The number of hydrogen-bond acceptors (Lipinski definition) is 13. The smallest absolute Gasteiger partial charge is 0.347 e. The number of fused-ring (bicyclic) bond motifs is 1. The lowest BCUT2D eigenvalue weighted by atomic mass is 9.80. The maximum absolute atomic E-state index is 13.3. The van der Waals surface area contributed by atoms with E-state index in [9.17, 15) is 4.79 Å². The predicted octanol–water partition coefficient (Wildman–Crippen LogP) is 9.00. The van der Waals surface area contributed by atoms with E-state index in [0.717, 1.165) is 16.7 Å². The SMILES string of the molecule is CC/C=N/OP(OC1C(COC(c2ccccc2)(c2ccc(OC)cc2)c2ccc(OC)cc2)OC(c2cnn3c(NC(=O)c4ccccc4)ncnc23)C1OC)N(C(C)C)C(C)C. The van der Waals surface area contributed by atoms with Crippen molar-refractivity contribution >= 4 is 32.2 Å². The molecule has 5 atom stereocenters. The number of nitrogens with zero attached hydrogens (tertiary/aromatic N) is 6. The first-order valence-electron chi connectivity index (χ1n) is 21.3. The van der Waals surface area contributed by atoms with Crippen molar-refractivity contribution in [1.82, 2.24) is 24.3 Å². The molecule has 0 aliphatic carbocycles. The average Bonchev–Trinajstić information content (AvgIpc) is 3.91. The molecule has 2 aromatic heterocycles. The van der Waals surface area contributed by atoms with Crippen LogP contribution >= 0.6 is 8.53 Å². The second kappa shape index (κ2) is 21.3. The second-order valence-electron chi connectivity index (χ2n) is 15.6. The summed E-state index contributed by atoms with van der Waals surface area (Å²) in [5.41, 5.74) is 2.92. The van der Waals surface area contributed by atoms with Crippen molar-refractivity contribution in [3.8, 4) is 11.5 Å². The highest BCUT2D eigenvalue weighted by Gasteiger charge is 2.52. The molecule has 0 bridgehead atoms. The number of aromatic nitrogens is 4. The molecule has 1 fully saturated rings. The molecule has 4 aromatic carbocycles. The van der Waals surface area contributed by atoms with Gasteiger partial charge in [-0.3, -0.25) is 10.1 Å². The summed E-state index contributed by atoms with van der Waals surface area (Å²) < 4.78 is 49.1. The number of anilines is 1. The number of nitrogens with one attached hydrogen (secondary N) is 1. The Morgan fingerprint density at radius 3 is 2.00 bits per heavy atom. The lowest BCUT2D eigenvalue weighted by Crippen LogP contribution is -2.42. The first-order valence-corrected chi connectivity index (χ1v) is 22.4. The van der Waals surface area contributed by atoms with Crippen molar-refractivity contribution in [2.45, 2.75) is 83.1 Å². The molecule has 15 nitrogen and oxygen atoms in total. The number of methoxy groups -OCH3 is 3. The number of hydrogen-bond donors (Lipinski definition) is 1. The van der Waals surface area contributed by atoms with E-state index in [1.54, 1.807) is 58.0 Å². The van der Waals surface area contributed by atoms with E-state index in [4.69, 9.17) is 32.8 Å². The maximum Gasteiger partial charge on any atom is 0.347 e. The normalized spacial score (nSPS) is 18.3. The van der Waals surface area contributed by atoms with Gasteiger partial charge in [0.2, 0.25) is 5.95 Å². The molecule has 1 aliphatic rings. The maximum atomic E-state index is 13.3. The monoisotopic (exact) mass is 889 g/mol. The third-order valence-corrected chi connectivity index (χ3v) is 12.9. The second-order valence-corrected chi connectivity index (χ2v) is 16.9. The first-order chi connectivity index (χ1) is 31.1. The number of ether oxygens (including phenoxy) is 5. The molecular weight excluding hydrogens is 834 g/mol. The summed E-state index contributed by atoms with van der Waals surface area (Å²) in [6.07, 6.45) is 2.40. The van der Waals surface area contributed by atoms with Gasteiger partial charge in [-0.05, 0) is 87.2 Å². The van der Waals surface area contributed by atoms with Gasteiger partial charge in [0.1, 0.15) is 47.8 Å². The highest BCUT2D eigenvalue weighted by molar-refractivity contribution is 7.44. The van der Waals surface area contributed by atoms with Crippen LogP contribution in [0, 0.1) is 0 Å². The number of carbonyl (C=O) groups is 1. The van der Waals surface area contributed by atoms with E-state index in [-0.39, 0.29) is 30.5 Å². The highest BCUT2D eigenvalue weighted by Crippen LogP contribution is 2.52. The molecule has 7 rings (SSSR count). The summed E-state index contributed by atoms with van der Waals surface area (Å²) in [5.74, 6) is 1.26. The molecule has 5 unspecified atom stereocenters. The van der Waals surface area contributed by atoms with E-state index >= 15 is 0 Å². The van der Waals surface area contributed by atoms with Gasteiger partial charge in [-0.1, -0.05) is 84.9 Å². The van der Waals surface area contributed by atoms with E-state index in [1.807, 2.05) is 91.9 Å². The van der Waals surface area contributed by atoms with Crippen LogP contribution in [0.15, 0.2) is 127 Å². The lowest BCUT2D eigenvalue weighted by Gasteiger charge is -2.38. The van der Waals surface area contributed by atoms with Crippen LogP contribution in [0.2, 0.25) is 0 Å². The zero-order valence-electron chi connectivity index (χ0n) is 37.4. The Balaban J connectivity index is 1.33. The van der Waals surface area contributed by atoms with Gasteiger partial charge in [-0.15, -0.1) is 0 Å². The van der Waals surface area contributed by atoms with Crippen molar-refractivity contribution in [3.63, 3.8) is 0 Å². The fourth-order valence-corrected chi connectivity index (χ4v) is 9.60. The molecule has 1 aliphatic heterocycles. The molecule has 1 amide bonds. The van der Waals surface area contributed by atoms with Gasteiger partial charge in [-0.25, -0.2) is 14.6 Å². The standard InChI is InChI=1S/C48H56N7O8P/c1-9-28-52-63-64(55(32(2)3)33(4)5)62-43-41(61-42(44(43)59-8)40-29-51-54-45(40)49-31-50-47(54)53-46(56)34-16-12-10-13-17-34)30-60-48(35-18-14-11-15-19-35,36-20-24-38(57-6)25-21-36)37-22-26-39(58-7)27-23-37/h10-29,31-33,41-44H,9,30H2,1-8H3,(H,49,50,53,56)/b52-28+. The molecule has 64 heavy (non-hydrogen) atoms. The Morgan fingerprint density at radius 2 is 1.44 bits per heavy atom. The van der Waals surface area contributed by atoms with E-state index < -0.39 is 38.5 Å². The van der Waals surface area contributed by atoms with Crippen LogP contribution in [0.3, 0.4) is 0 Å². The average molecular weight is 890 g/mol. The number of oxime groups is 1. The third-order valence-electron chi connectivity index (χ3n) is 11.0. The van der Waals surface area contributed by atoms with Gasteiger partial charge >= 0.3 is 8.53 Å². The molecule has 1 saturated heterocycles. The van der Waals surface area contributed by atoms with Crippen LogP contribution in [-0.2, 0) is 29.0 Å². The van der Waals surface area contributed by atoms with Gasteiger partial charge in [0.25, 0.3) is 5.91 Å². The number of rotatable bonds is 20. The molecule has 0 spiro atoms. The quantitative estimate of drug-likeness (QED) is 0.0337. The van der Waals surface area contributed by atoms with Crippen LogP contribution in [0.25, 0.3) is 5.65 Å². The van der Waals surface area contributed by atoms with Gasteiger partial charge in [0.15, 0.2) is 5.65 Å². The van der Waals surface area contributed by atoms with E-state index in [1.165, 1.54) is 10.8 Å². The Labute approximate surface area is 375 Å². The largest absolute Gasteiger partial charge is 0.497 e. The number of amides is 1. The van der Waals surface area contributed by atoms with E-state index in [2.05, 4.69) is 57.9 Å². The van der Waals surface area contributed by atoms with Crippen LogP contribution < -0.4 is 14.8 Å². The topological polar surface area (TPSA) is 152 Å². The fourth-order valence-electron chi connectivity index (χ4n) is 8.00. The minimum absolute atomic E-state index is 0.0192. The summed E-state index contributed by atoms with van der Waals surface area (Å²) in [6.45, 7) is 10.4. The first kappa shape index (κ1) is 46.2. The minimum Gasteiger partial charge on any atom is -0.497 e. The van der Waals surface area contributed by atoms with Gasteiger partial charge < -0.3 is 32.8 Å². The summed E-state index contributed by atoms with van der Waals surface area (Å²) in [7, 11) is 3.09. The van der Waals surface area contributed by atoms with Crippen molar-refractivity contribution < 1.29 is 37.6 Å². The Bertz CT molecular complexity index is 2380. The molecule has 6 aromatic rings. The summed E-state index contributed by atoms with van der Waals surface area (Å²) >= 11 is 0. The zero-order chi connectivity index (χ0) is 45.2. The predicted molar refractivity (Wildman–Crippen MR) is 246 cm³/mol. The summed E-state index contributed by atoms with van der Waals surface area (Å²) in [5, 5.41) is 11.9. The van der Waals surface area contributed by atoms with Crippen molar-refractivity contribution in [2.24, 2.45) is 5.16 Å². The Morgan fingerprint density at radius 1 is 0.844 bits per heavy atom. The van der Waals surface area contributed by atoms with Crippen LogP contribution in [0.5, 0.6) is 11.5 Å². The van der Waals surface area contributed by atoms with Crippen LogP contribution in [0.1, 0.15) is 79.8 Å². The van der Waals surface area contributed by atoms with Crippen LogP contribution in [0.4, 0.5) is 5.95 Å². The van der Waals surface area contributed by atoms with Gasteiger partial charge in [0.05, 0.1) is 27.0 Å². The molecule has 336 valence electrons. The Hall–Kier alpha value is -5.80. The van der Waals surface area contributed by atoms with Gasteiger partial charge in [0, 0.05) is 36.5 Å². The van der Waals surface area contributed by atoms with Crippen molar-refractivity contribution in [1.29, 1.82) is 0 Å². The van der Waals surface area contributed by atoms with Crippen LogP contribution in [-0.4, -0.2) is 94.7 Å². The Kier molecular flexibility index (Phi) is 15.3. The summed E-state index contributed by atoms with van der Waals surface area (Å²) in [4.78, 5) is 22.2. The van der Waals surface area contributed by atoms with Crippen molar-refractivity contribution in [2.75, 3.05) is 33.3 Å². The third kappa shape index (κ3) is 9.80. The highest BCUT2D eigenvalue weighted by atomic mass is 31.2. The zero-order valence-corrected chi connectivity index (χ0v) is 38.3. The van der Waals surface area contributed by atoms with E-state index in [0.29, 0.717) is 34.7 Å². The lowest BCUT2D eigenvalue weighted by molar-refractivity contribution is -0.0805. The fraction of sp³-hybridized carbons (Fsp3) is 0.354. The molecule has 0 saturated carbocycles. The molecule has 16 heteroatoms. The van der Waals surface area contributed by atoms with Crippen molar-refractivity contribution in [3.05, 3.63) is 150 Å². The summed E-state index contributed by atoms with van der Waals surface area (Å²) in [6, 6.07) is 34.7. The number of benzene rings is 4. The minimum atomic E-state index is -1.82.